The summed E-state index contributed by atoms with van der Waals surface area (Å²) >= 11 is 4.03. The Balaban J connectivity index is 2.15. The van der Waals surface area contributed by atoms with Crippen molar-refractivity contribution in [2.24, 2.45) is 5.73 Å². The number of aromatic amines is 1. The number of carboxylic acids is 2. The van der Waals surface area contributed by atoms with Gasteiger partial charge in [0.15, 0.2) is 0 Å². The zero-order valence-corrected chi connectivity index (χ0v) is 20.4. The fraction of sp³-hybridized carbons (Fsp3) is 0.364. The quantitative estimate of drug-likeness (QED) is 0.122. The number of rotatable bonds is 14. The highest BCUT2D eigenvalue weighted by molar-refractivity contribution is 7.80. The van der Waals surface area contributed by atoms with Gasteiger partial charge in [-0.3, -0.25) is 19.2 Å². The van der Waals surface area contributed by atoms with E-state index in [9.17, 15) is 34.2 Å². The average Bonchev–Trinajstić information content (AvgIpc) is 3.35. The lowest BCUT2D eigenvalue weighted by Gasteiger charge is -2.24. The molecule has 4 unspecified atom stereocenters. The number of nitrogens with one attached hydrogen (secondary N) is 4. The second-order valence-corrected chi connectivity index (χ2v) is 8.43. The highest BCUT2D eigenvalue weighted by Gasteiger charge is 2.30. The van der Waals surface area contributed by atoms with Gasteiger partial charge in [-0.15, -0.1) is 0 Å². The first-order chi connectivity index (χ1) is 17.5. The monoisotopic (exact) mass is 536 g/mol. The number of H-pyrrole nitrogens is 1. The van der Waals surface area contributed by atoms with Crippen LogP contribution in [0.25, 0.3) is 0 Å². The van der Waals surface area contributed by atoms with Crippen molar-refractivity contribution in [1.82, 2.24) is 25.9 Å². The van der Waals surface area contributed by atoms with Crippen LogP contribution in [-0.2, 0) is 36.8 Å². The SMILES string of the molecule is NC(CC(=O)O)C(=O)NC(CS)C(=O)NC(Cc1cnc[nH]1)C(=O)NC(Cc1ccc(O)cc1)C(=O)O. The number of carboxylic acid groups (broad SMARTS) is 2. The topological polar surface area (TPSA) is 237 Å². The first-order valence-electron chi connectivity index (χ1n) is 11.0. The normalized spacial score (nSPS) is 14.0. The van der Waals surface area contributed by atoms with Crippen LogP contribution in [0, 0.1) is 0 Å². The number of aromatic hydroxyl groups is 1. The summed E-state index contributed by atoms with van der Waals surface area (Å²) in [4.78, 5) is 67.3. The zero-order chi connectivity index (χ0) is 27.5. The van der Waals surface area contributed by atoms with Crippen molar-refractivity contribution in [3.8, 4) is 5.75 Å². The van der Waals surface area contributed by atoms with Crippen LogP contribution >= 0.6 is 12.6 Å². The maximum absolute atomic E-state index is 13.1. The van der Waals surface area contributed by atoms with Gasteiger partial charge >= 0.3 is 11.9 Å². The fourth-order valence-electron chi connectivity index (χ4n) is 3.19. The molecular weight excluding hydrogens is 508 g/mol. The van der Waals surface area contributed by atoms with Crippen molar-refractivity contribution in [1.29, 1.82) is 0 Å². The lowest BCUT2D eigenvalue weighted by Crippen LogP contribution is -2.58. The number of amides is 3. The van der Waals surface area contributed by atoms with Crippen LogP contribution in [0.1, 0.15) is 17.7 Å². The Labute approximate surface area is 216 Å². The molecule has 1 heterocycles. The average molecular weight is 537 g/mol. The molecule has 0 aliphatic carbocycles. The number of benzene rings is 1. The smallest absolute Gasteiger partial charge is 0.326 e. The molecule has 9 N–H and O–H groups in total. The number of imidazole rings is 1. The van der Waals surface area contributed by atoms with Gasteiger partial charge in [0.25, 0.3) is 0 Å². The predicted octanol–water partition coefficient (Wildman–Crippen LogP) is -1.83. The molecular formula is C22H28N6O8S. The van der Waals surface area contributed by atoms with E-state index < -0.39 is 60.2 Å². The van der Waals surface area contributed by atoms with Crippen LogP contribution in [0.3, 0.4) is 0 Å². The maximum Gasteiger partial charge on any atom is 0.326 e. The number of thiol groups is 1. The number of phenolic OH excluding ortho intramolecular Hbond substituents is 1. The number of carbonyl (C=O) groups is 5. The highest BCUT2D eigenvalue weighted by atomic mass is 32.1. The van der Waals surface area contributed by atoms with Crippen molar-refractivity contribution in [3.63, 3.8) is 0 Å². The zero-order valence-electron chi connectivity index (χ0n) is 19.5. The van der Waals surface area contributed by atoms with Gasteiger partial charge in [0.2, 0.25) is 17.7 Å². The summed E-state index contributed by atoms with van der Waals surface area (Å²) in [6, 6.07) is 0.478. The molecule has 37 heavy (non-hydrogen) atoms. The van der Waals surface area contributed by atoms with Crippen molar-refractivity contribution >= 4 is 42.3 Å². The Morgan fingerprint density at radius 1 is 0.919 bits per heavy atom. The van der Waals surface area contributed by atoms with Gasteiger partial charge < -0.3 is 42.0 Å². The van der Waals surface area contributed by atoms with E-state index in [2.05, 4.69) is 38.5 Å². The number of phenols is 1. The van der Waals surface area contributed by atoms with Gasteiger partial charge in [-0.1, -0.05) is 12.1 Å². The van der Waals surface area contributed by atoms with Gasteiger partial charge in [-0.25, -0.2) is 9.78 Å². The maximum atomic E-state index is 13.1. The van der Waals surface area contributed by atoms with Gasteiger partial charge in [-0.2, -0.15) is 12.6 Å². The largest absolute Gasteiger partial charge is 0.508 e. The van der Waals surface area contributed by atoms with Crippen LogP contribution in [0.5, 0.6) is 5.75 Å². The van der Waals surface area contributed by atoms with E-state index in [0.29, 0.717) is 11.3 Å². The second kappa shape index (κ2) is 13.8. The minimum Gasteiger partial charge on any atom is -0.508 e. The molecule has 15 heteroatoms. The van der Waals surface area contributed by atoms with Gasteiger partial charge in [0.1, 0.15) is 23.9 Å². The fourth-order valence-corrected chi connectivity index (χ4v) is 3.45. The lowest BCUT2D eigenvalue weighted by atomic mass is 10.0. The molecule has 0 fully saturated rings. The molecule has 2 rings (SSSR count). The summed E-state index contributed by atoms with van der Waals surface area (Å²) in [6.07, 6.45) is 1.94. The van der Waals surface area contributed by atoms with E-state index >= 15 is 0 Å². The molecule has 4 atom stereocenters. The number of hydrogen-bond acceptors (Lipinski definition) is 9. The molecule has 1 aromatic carbocycles. The molecule has 0 aliphatic rings. The molecule has 0 saturated heterocycles. The summed E-state index contributed by atoms with van der Waals surface area (Å²) < 4.78 is 0. The van der Waals surface area contributed by atoms with Gasteiger partial charge in [-0.05, 0) is 17.7 Å². The van der Waals surface area contributed by atoms with Crippen LogP contribution in [-0.4, -0.2) is 84.9 Å². The third-order valence-corrected chi connectivity index (χ3v) is 5.51. The highest BCUT2D eigenvalue weighted by Crippen LogP contribution is 2.12. The van der Waals surface area contributed by atoms with E-state index in [1.54, 1.807) is 0 Å². The molecule has 0 bridgehead atoms. The van der Waals surface area contributed by atoms with Crippen molar-refractivity contribution < 1.29 is 39.3 Å². The first kappa shape index (κ1) is 29.1. The molecule has 0 aliphatic heterocycles. The van der Waals surface area contributed by atoms with E-state index in [-0.39, 0.29) is 24.3 Å². The van der Waals surface area contributed by atoms with Crippen LogP contribution in [0.4, 0.5) is 0 Å². The molecule has 14 nitrogen and oxygen atoms in total. The van der Waals surface area contributed by atoms with E-state index in [1.807, 2.05) is 0 Å². The van der Waals surface area contributed by atoms with E-state index in [1.165, 1.54) is 36.8 Å². The van der Waals surface area contributed by atoms with E-state index in [4.69, 9.17) is 10.8 Å². The molecule has 0 saturated carbocycles. The second-order valence-electron chi connectivity index (χ2n) is 8.06. The number of carbonyl (C=O) groups excluding carboxylic acids is 3. The minimum atomic E-state index is -1.41. The first-order valence-corrected chi connectivity index (χ1v) is 11.6. The summed E-state index contributed by atoms with van der Waals surface area (Å²) in [7, 11) is 0. The lowest BCUT2D eigenvalue weighted by molar-refractivity contribution is -0.142. The summed E-state index contributed by atoms with van der Waals surface area (Å²) in [5.74, 6) is -5.36. The number of nitrogens with two attached hydrogens (primary N) is 1. The van der Waals surface area contributed by atoms with Crippen LogP contribution in [0.2, 0.25) is 0 Å². The Kier molecular flexibility index (Phi) is 10.9. The Hall–Kier alpha value is -4.11. The number of aliphatic carboxylic acids is 2. The Morgan fingerprint density at radius 2 is 1.51 bits per heavy atom. The molecule has 1 aromatic heterocycles. The molecule has 0 radical (unpaired) electrons. The van der Waals surface area contributed by atoms with Gasteiger partial charge in [0.05, 0.1) is 18.8 Å². The summed E-state index contributed by atoms with van der Waals surface area (Å²) in [5, 5.41) is 35.0. The summed E-state index contributed by atoms with van der Waals surface area (Å²) in [6.45, 7) is 0. The summed E-state index contributed by atoms with van der Waals surface area (Å²) in [5.41, 5.74) is 6.52. The standard InChI is InChI=1S/C22H28N6O8S/c23-14(7-18(30)31)19(32)28-17(9-37)21(34)26-15(6-12-8-24-10-25-12)20(33)27-16(22(35)36)5-11-1-3-13(29)4-2-11/h1-4,8,10,14-17,29,37H,5-7,9,23H2,(H,24,25)(H,26,34)(H,27,33)(H,28,32)(H,30,31)(H,35,36). The Bertz CT molecular complexity index is 1100. The predicted molar refractivity (Wildman–Crippen MR) is 132 cm³/mol. The third kappa shape index (κ3) is 9.46. The van der Waals surface area contributed by atoms with Crippen LogP contribution in [0.15, 0.2) is 36.8 Å². The number of aromatic nitrogens is 2. The van der Waals surface area contributed by atoms with Gasteiger partial charge in [0, 0.05) is 30.5 Å². The van der Waals surface area contributed by atoms with Crippen molar-refractivity contribution in [2.75, 3.05) is 5.75 Å². The molecule has 200 valence electrons. The molecule has 3 amide bonds. The molecule has 0 spiro atoms. The van der Waals surface area contributed by atoms with Crippen molar-refractivity contribution in [2.45, 2.75) is 43.4 Å². The minimum absolute atomic E-state index is 0.00301. The Morgan fingerprint density at radius 3 is 2.05 bits per heavy atom. The molecule has 2 aromatic rings. The van der Waals surface area contributed by atoms with Crippen molar-refractivity contribution in [3.05, 3.63) is 48.0 Å². The van der Waals surface area contributed by atoms with E-state index in [0.717, 1.165) is 0 Å². The number of hydrogen-bond donors (Lipinski definition) is 9. The van der Waals surface area contributed by atoms with Crippen LogP contribution < -0.4 is 21.7 Å². The third-order valence-electron chi connectivity index (χ3n) is 5.15. The number of nitrogens with zero attached hydrogens (tertiary/aromatic N) is 1.